The van der Waals surface area contributed by atoms with E-state index in [0.29, 0.717) is 19.3 Å². The number of ether oxygens (including phenoxy) is 3. The molecule has 0 fully saturated rings. The van der Waals surface area contributed by atoms with E-state index >= 15 is 0 Å². The Kier molecular flexibility index (Phi) is 45.8. The van der Waals surface area contributed by atoms with E-state index < -0.39 is 6.10 Å². The van der Waals surface area contributed by atoms with Gasteiger partial charge in [-0.25, -0.2) is 0 Å². The fraction of sp³-hybridized carbons (Fsp3) is 0.865. The predicted molar refractivity (Wildman–Crippen MR) is 247 cm³/mol. The molecule has 0 bridgehead atoms. The first kappa shape index (κ1) is 55.9. The van der Waals surface area contributed by atoms with Crippen LogP contribution in [0, 0.1) is 0 Å². The summed E-state index contributed by atoms with van der Waals surface area (Å²) in [6, 6.07) is 0. The average molecular weight is 817 g/mol. The number of rotatable bonds is 46. The summed E-state index contributed by atoms with van der Waals surface area (Å²) >= 11 is 0. The summed E-state index contributed by atoms with van der Waals surface area (Å²) in [5.74, 6) is -0.902. The lowest BCUT2D eigenvalue weighted by molar-refractivity contribution is -0.167. The van der Waals surface area contributed by atoms with Gasteiger partial charge < -0.3 is 14.2 Å². The molecular formula is C52H96O6. The van der Waals surface area contributed by atoms with Crippen molar-refractivity contribution in [2.24, 2.45) is 0 Å². The van der Waals surface area contributed by atoms with Crippen molar-refractivity contribution in [3.63, 3.8) is 0 Å². The summed E-state index contributed by atoms with van der Waals surface area (Å²) in [6.45, 7) is 6.51. The topological polar surface area (TPSA) is 78.9 Å². The number of carbonyl (C=O) groups excluding carboxylic acids is 3. The maximum atomic E-state index is 12.7. The van der Waals surface area contributed by atoms with Crippen LogP contribution in [0.3, 0.4) is 0 Å². The van der Waals surface area contributed by atoms with E-state index in [2.05, 4.69) is 45.1 Å². The van der Waals surface area contributed by atoms with Gasteiger partial charge in [0.25, 0.3) is 0 Å². The summed E-state index contributed by atoms with van der Waals surface area (Å²) in [5.41, 5.74) is 0. The van der Waals surface area contributed by atoms with Gasteiger partial charge in [0.15, 0.2) is 6.10 Å². The third-order valence-corrected chi connectivity index (χ3v) is 11.2. The molecule has 0 heterocycles. The quantitative estimate of drug-likeness (QED) is 0.0263. The summed E-state index contributed by atoms with van der Waals surface area (Å²) in [4.78, 5) is 37.8. The zero-order chi connectivity index (χ0) is 42.3. The lowest BCUT2D eigenvalue weighted by atomic mass is 10.0. The molecule has 0 aliphatic heterocycles. The maximum absolute atomic E-state index is 12.7. The van der Waals surface area contributed by atoms with Crippen LogP contribution in [-0.2, 0) is 28.6 Å². The first-order valence-electron chi connectivity index (χ1n) is 25.3. The van der Waals surface area contributed by atoms with E-state index in [1.165, 1.54) is 161 Å². The standard InChI is InChI=1S/C52H96O6/c1-4-7-10-13-16-19-21-23-25-26-27-29-30-33-36-39-42-45-51(54)57-48-49(47-56-50(53)44-41-38-35-32-18-15-12-9-6-3)58-52(55)46-43-40-37-34-31-28-24-22-20-17-14-11-8-5-2/h9,12,18,32,49H,4-8,10-11,13-17,19-31,33-48H2,1-3H3/b12-9-,32-18-. The minimum absolute atomic E-state index is 0.0766. The highest BCUT2D eigenvalue weighted by molar-refractivity contribution is 5.71. The zero-order valence-corrected chi connectivity index (χ0v) is 38.8. The minimum atomic E-state index is -0.776. The SMILES string of the molecule is CC/C=C\C/C=C\CCCCC(=O)OCC(COC(=O)CCCCCCCCCCCCCCCCCCC)OC(=O)CCCCCCCCCCCCCCCC. The second-order valence-corrected chi connectivity index (χ2v) is 17.1. The number of hydrogen-bond donors (Lipinski definition) is 0. The Balaban J connectivity index is 4.28. The molecule has 0 aliphatic carbocycles. The van der Waals surface area contributed by atoms with Crippen LogP contribution in [0.1, 0.15) is 271 Å². The van der Waals surface area contributed by atoms with E-state index in [1.807, 2.05) is 0 Å². The van der Waals surface area contributed by atoms with Crippen LogP contribution in [0.4, 0.5) is 0 Å². The van der Waals surface area contributed by atoms with Gasteiger partial charge >= 0.3 is 17.9 Å². The van der Waals surface area contributed by atoms with Crippen LogP contribution in [0.15, 0.2) is 24.3 Å². The van der Waals surface area contributed by atoms with E-state index in [1.54, 1.807) is 0 Å². The molecule has 0 spiro atoms. The molecule has 340 valence electrons. The Hall–Kier alpha value is -2.11. The van der Waals surface area contributed by atoms with Gasteiger partial charge in [0.1, 0.15) is 13.2 Å². The summed E-state index contributed by atoms with van der Waals surface area (Å²) < 4.78 is 16.7. The first-order valence-corrected chi connectivity index (χ1v) is 25.3. The molecule has 0 aromatic carbocycles. The van der Waals surface area contributed by atoms with Gasteiger partial charge in [-0.1, -0.05) is 231 Å². The van der Waals surface area contributed by atoms with Crippen molar-refractivity contribution >= 4 is 17.9 Å². The van der Waals surface area contributed by atoms with Crippen molar-refractivity contribution in [2.75, 3.05) is 13.2 Å². The number of carbonyl (C=O) groups is 3. The van der Waals surface area contributed by atoms with Crippen molar-refractivity contribution in [1.82, 2.24) is 0 Å². The number of unbranched alkanes of at least 4 members (excludes halogenated alkanes) is 31. The van der Waals surface area contributed by atoms with Crippen LogP contribution in [0.2, 0.25) is 0 Å². The van der Waals surface area contributed by atoms with Gasteiger partial charge in [-0.05, 0) is 44.9 Å². The maximum Gasteiger partial charge on any atom is 0.306 e. The molecule has 0 aromatic rings. The van der Waals surface area contributed by atoms with Crippen molar-refractivity contribution < 1.29 is 28.6 Å². The highest BCUT2D eigenvalue weighted by atomic mass is 16.6. The van der Waals surface area contributed by atoms with Crippen LogP contribution >= 0.6 is 0 Å². The smallest absolute Gasteiger partial charge is 0.306 e. The van der Waals surface area contributed by atoms with E-state index in [4.69, 9.17) is 14.2 Å². The van der Waals surface area contributed by atoms with Crippen LogP contribution in [-0.4, -0.2) is 37.2 Å². The van der Waals surface area contributed by atoms with E-state index in [9.17, 15) is 14.4 Å². The number of hydrogen-bond acceptors (Lipinski definition) is 6. The molecule has 0 saturated carbocycles. The van der Waals surface area contributed by atoms with Gasteiger partial charge in [0.05, 0.1) is 0 Å². The molecule has 0 rings (SSSR count). The van der Waals surface area contributed by atoms with E-state index in [0.717, 1.165) is 70.6 Å². The van der Waals surface area contributed by atoms with Crippen molar-refractivity contribution in [3.05, 3.63) is 24.3 Å². The molecule has 1 unspecified atom stereocenters. The Morgan fingerprint density at radius 1 is 0.362 bits per heavy atom. The molecule has 1 atom stereocenters. The highest BCUT2D eigenvalue weighted by Gasteiger charge is 2.19. The summed E-state index contributed by atoms with van der Waals surface area (Å²) in [6.07, 6.45) is 53.2. The second kappa shape index (κ2) is 47.6. The van der Waals surface area contributed by atoms with Gasteiger partial charge in [0, 0.05) is 19.3 Å². The lowest BCUT2D eigenvalue weighted by Gasteiger charge is -2.18. The molecular weight excluding hydrogens is 721 g/mol. The highest BCUT2D eigenvalue weighted by Crippen LogP contribution is 2.16. The zero-order valence-electron chi connectivity index (χ0n) is 38.8. The van der Waals surface area contributed by atoms with Gasteiger partial charge in [-0.3, -0.25) is 14.4 Å². The fourth-order valence-electron chi connectivity index (χ4n) is 7.42. The van der Waals surface area contributed by atoms with Crippen molar-refractivity contribution in [1.29, 1.82) is 0 Å². The van der Waals surface area contributed by atoms with E-state index in [-0.39, 0.29) is 31.1 Å². The van der Waals surface area contributed by atoms with Crippen molar-refractivity contribution in [3.8, 4) is 0 Å². The molecule has 58 heavy (non-hydrogen) atoms. The molecule has 0 aromatic heterocycles. The van der Waals surface area contributed by atoms with Gasteiger partial charge in [0.2, 0.25) is 0 Å². The second-order valence-electron chi connectivity index (χ2n) is 17.1. The molecule has 6 nitrogen and oxygen atoms in total. The van der Waals surface area contributed by atoms with Crippen molar-refractivity contribution in [2.45, 2.75) is 277 Å². The molecule has 0 saturated heterocycles. The molecule has 0 amide bonds. The Morgan fingerprint density at radius 3 is 1.03 bits per heavy atom. The predicted octanol–water partition coefficient (Wildman–Crippen LogP) is 16.4. The van der Waals surface area contributed by atoms with Gasteiger partial charge in [-0.2, -0.15) is 0 Å². The first-order chi connectivity index (χ1) is 28.5. The Bertz CT molecular complexity index is 942. The molecule has 0 radical (unpaired) electrons. The Morgan fingerprint density at radius 2 is 0.672 bits per heavy atom. The summed E-state index contributed by atoms with van der Waals surface area (Å²) in [5, 5.41) is 0. The lowest BCUT2D eigenvalue weighted by Crippen LogP contribution is -2.30. The minimum Gasteiger partial charge on any atom is -0.462 e. The molecule has 6 heteroatoms. The average Bonchev–Trinajstić information content (AvgIpc) is 3.22. The van der Waals surface area contributed by atoms with Crippen LogP contribution < -0.4 is 0 Å². The fourth-order valence-corrected chi connectivity index (χ4v) is 7.42. The number of esters is 3. The largest absolute Gasteiger partial charge is 0.462 e. The molecule has 0 N–H and O–H groups in total. The monoisotopic (exact) mass is 817 g/mol. The third kappa shape index (κ3) is 45.0. The van der Waals surface area contributed by atoms with Crippen LogP contribution in [0.5, 0.6) is 0 Å². The Labute approximate surface area is 360 Å². The molecule has 0 aliphatic rings. The van der Waals surface area contributed by atoms with Crippen LogP contribution in [0.25, 0.3) is 0 Å². The van der Waals surface area contributed by atoms with Gasteiger partial charge in [-0.15, -0.1) is 0 Å². The number of allylic oxidation sites excluding steroid dienone is 4. The summed E-state index contributed by atoms with van der Waals surface area (Å²) in [7, 11) is 0. The normalized spacial score (nSPS) is 12.1. The third-order valence-electron chi connectivity index (χ3n) is 11.2.